The van der Waals surface area contributed by atoms with E-state index in [0.717, 1.165) is 0 Å². The number of benzene rings is 2. The molecule has 3 amide bonds. The second kappa shape index (κ2) is 8.01. The molecule has 8 nitrogen and oxygen atoms in total. The molecule has 0 saturated carbocycles. The van der Waals surface area contributed by atoms with E-state index in [9.17, 15) is 19.5 Å². The van der Waals surface area contributed by atoms with Crippen LogP contribution in [0.1, 0.15) is 21.5 Å². The quantitative estimate of drug-likeness (QED) is 0.559. The molecule has 2 aromatic rings. The molecule has 28 heavy (non-hydrogen) atoms. The van der Waals surface area contributed by atoms with Gasteiger partial charge in [0.2, 0.25) is 0 Å². The molecule has 1 saturated heterocycles. The van der Waals surface area contributed by atoms with E-state index in [1.54, 1.807) is 24.3 Å². The molecule has 144 valence electrons. The van der Waals surface area contributed by atoms with Crippen LogP contribution in [0.2, 0.25) is 5.02 Å². The summed E-state index contributed by atoms with van der Waals surface area (Å²) in [5, 5.41) is 15.6. The van der Waals surface area contributed by atoms with Crippen molar-refractivity contribution >= 4 is 35.6 Å². The van der Waals surface area contributed by atoms with E-state index in [1.807, 2.05) is 0 Å². The molecule has 0 spiro atoms. The number of methoxy groups -OCH3 is 1. The zero-order chi connectivity index (χ0) is 20.3. The van der Waals surface area contributed by atoms with Crippen molar-refractivity contribution < 1.29 is 29.0 Å². The van der Waals surface area contributed by atoms with Crippen LogP contribution >= 0.6 is 11.6 Å². The van der Waals surface area contributed by atoms with E-state index in [1.165, 1.54) is 25.3 Å². The highest BCUT2D eigenvalue weighted by atomic mass is 35.5. The summed E-state index contributed by atoms with van der Waals surface area (Å²) in [5.41, 5.74) is 1.24. The van der Waals surface area contributed by atoms with E-state index in [-0.39, 0.29) is 28.6 Å². The van der Waals surface area contributed by atoms with Crippen LogP contribution < -0.4 is 25.2 Å². The summed E-state index contributed by atoms with van der Waals surface area (Å²) in [5.74, 6) is -1.27. The van der Waals surface area contributed by atoms with Crippen molar-refractivity contribution in [3.05, 3.63) is 63.8 Å². The number of nitrogens with one attached hydrogen (secondary N) is 2. The van der Waals surface area contributed by atoms with Crippen molar-refractivity contribution in [3.8, 4) is 11.5 Å². The van der Waals surface area contributed by atoms with Crippen molar-refractivity contribution in [1.29, 1.82) is 0 Å². The van der Waals surface area contributed by atoms with Gasteiger partial charge in [0.1, 0.15) is 12.3 Å². The molecule has 2 N–H and O–H groups in total. The van der Waals surface area contributed by atoms with Crippen LogP contribution in [0.15, 0.2) is 42.1 Å². The van der Waals surface area contributed by atoms with Gasteiger partial charge in [0.15, 0.2) is 11.5 Å². The summed E-state index contributed by atoms with van der Waals surface area (Å²) in [6.45, 7) is 0.0517. The SMILES string of the molecule is COc1cc(/C=C2/NC(=O)NC2=O)cc(Cl)c1OCc1cccc(C(=O)[O-])c1. The molecule has 1 aliphatic rings. The van der Waals surface area contributed by atoms with Gasteiger partial charge in [-0.25, -0.2) is 4.79 Å². The highest BCUT2D eigenvalue weighted by Crippen LogP contribution is 2.37. The fourth-order valence-corrected chi connectivity index (χ4v) is 2.83. The van der Waals surface area contributed by atoms with Crippen LogP contribution in [0, 0.1) is 0 Å². The largest absolute Gasteiger partial charge is 0.545 e. The molecule has 0 radical (unpaired) electrons. The molecule has 1 fully saturated rings. The maximum Gasteiger partial charge on any atom is 0.326 e. The number of ether oxygens (including phenoxy) is 2. The van der Waals surface area contributed by atoms with Crippen molar-refractivity contribution in [2.75, 3.05) is 7.11 Å². The number of hydrogen-bond donors (Lipinski definition) is 2. The van der Waals surface area contributed by atoms with Gasteiger partial charge >= 0.3 is 6.03 Å². The van der Waals surface area contributed by atoms with Gasteiger partial charge in [-0.15, -0.1) is 0 Å². The molecule has 0 bridgehead atoms. The fraction of sp³-hybridized carbons (Fsp3) is 0.105. The zero-order valence-electron chi connectivity index (χ0n) is 14.6. The molecule has 0 aliphatic carbocycles. The van der Waals surface area contributed by atoms with Crippen LogP contribution in [0.3, 0.4) is 0 Å². The van der Waals surface area contributed by atoms with Gasteiger partial charge in [0.25, 0.3) is 5.91 Å². The molecular weight excluding hydrogens is 388 g/mol. The minimum Gasteiger partial charge on any atom is -0.545 e. The average molecular weight is 402 g/mol. The Morgan fingerprint density at radius 1 is 1.21 bits per heavy atom. The van der Waals surface area contributed by atoms with Gasteiger partial charge in [0.05, 0.1) is 18.1 Å². The third-order valence-electron chi connectivity index (χ3n) is 3.83. The molecule has 3 rings (SSSR count). The van der Waals surface area contributed by atoms with Crippen LogP contribution in [-0.2, 0) is 11.4 Å². The van der Waals surface area contributed by atoms with Crippen molar-refractivity contribution in [3.63, 3.8) is 0 Å². The van der Waals surface area contributed by atoms with Gasteiger partial charge in [-0.3, -0.25) is 10.1 Å². The molecule has 0 aromatic heterocycles. The number of carboxylic acids is 1. The third-order valence-corrected chi connectivity index (χ3v) is 4.11. The number of carbonyl (C=O) groups excluding carboxylic acids is 3. The Bertz CT molecular complexity index is 1000. The smallest absolute Gasteiger partial charge is 0.326 e. The third kappa shape index (κ3) is 4.24. The Kier molecular flexibility index (Phi) is 5.51. The first-order valence-corrected chi connectivity index (χ1v) is 8.40. The first kappa shape index (κ1) is 19.2. The lowest BCUT2D eigenvalue weighted by atomic mass is 10.1. The van der Waals surface area contributed by atoms with Crippen LogP contribution in [-0.4, -0.2) is 25.0 Å². The summed E-state index contributed by atoms with van der Waals surface area (Å²) in [6.07, 6.45) is 1.45. The Hall–Kier alpha value is -3.52. The number of carboxylic acid groups (broad SMARTS) is 1. The lowest BCUT2D eigenvalue weighted by molar-refractivity contribution is -0.255. The van der Waals surface area contributed by atoms with Gasteiger partial charge in [0, 0.05) is 0 Å². The van der Waals surface area contributed by atoms with Gasteiger partial charge in [-0.2, -0.15) is 0 Å². The predicted molar refractivity (Wildman–Crippen MR) is 97.8 cm³/mol. The summed E-state index contributed by atoms with van der Waals surface area (Å²) in [7, 11) is 1.43. The first-order chi connectivity index (χ1) is 13.4. The number of urea groups is 1. The number of amides is 3. The minimum atomic E-state index is -1.28. The lowest BCUT2D eigenvalue weighted by Crippen LogP contribution is -2.22. The number of halogens is 1. The predicted octanol–water partition coefficient (Wildman–Crippen LogP) is 1.47. The Labute approximate surface area is 164 Å². The molecular formula is C19H14ClN2O6-. The number of hydrogen-bond acceptors (Lipinski definition) is 6. The molecule has 1 aliphatic heterocycles. The first-order valence-electron chi connectivity index (χ1n) is 8.02. The maximum atomic E-state index is 11.6. The average Bonchev–Trinajstić information content (AvgIpc) is 2.97. The monoisotopic (exact) mass is 401 g/mol. The number of imide groups is 1. The second-order valence-electron chi connectivity index (χ2n) is 5.78. The molecule has 2 aromatic carbocycles. The lowest BCUT2D eigenvalue weighted by Gasteiger charge is -2.14. The van der Waals surface area contributed by atoms with Crippen molar-refractivity contribution in [2.24, 2.45) is 0 Å². The normalized spacial score (nSPS) is 14.6. The summed E-state index contributed by atoms with van der Waals surface area (Å²) in [4.78, 5) is 33.8. The molecule has 9 heteroatoms. The number of aromatic carboxylic acids is 1. The van der Waals surface area contributed by atoms with E-state index >= 15 is 0 Å². The standard InChI is InChI=1S/C19H15ClN2O6/c1-27-15-8-11(7-14-17(23)22-19(26)21-14)6-13(20)16(15)28-9-10-3-2-4-12(5-10)18(24)25/h2-8H,9H2,1H3,(H,24,25)(H2,21,22,23,26)/p-1/b14-7+. The molecule has 0 unspecified atom stereocenters. The summed E-state index contributed by atoms with van der Waals surface area (Å²) < 4.78 is 11.0. The van der Waals surface area contributed by atoms with Gasteiger partial charge < -0.3 is 24.7 Å². The van der Waals surface area contributed by atoms with E-state index in [0.29, 0.717) is 16.9 Å². The van der Waals surface area contributed by atoms with Crippen molar-refractivity contribution in [2.45, 2.75) is 6.61 Å². The topological polar surface area (TPSA) is 117 Å². The Morgan fingerprint density at radius 2 is 2.00 bits per heavy atom. The van der Waals surface area contributed by atoms with E-state index in [4.69, 9.17) is 21.1 Å². The summed E-state index contributed by atoms with van der Waals surface area (Å²) >= 11 is 6.29. The van der Waals surface area contributed by atoms with Gasteiger partial charge in [-0.05, 0) is 41.0 Å². The zero-order valence-corrected chi connectivity index (χ0v) is 15.3. The van der Waals surface area contributed by atoms with Crippen LogP contribution in [0.5, 0.6) is 11.5 Å². The molecule has 1 heterocycles. The second-order valence-corrected chi connectivity index (χ2v) is 6.18. The van der Waals surface area contributed by atoms with Crippen molar-refractivity contribution in [1.82, 2.24) is 10.6 Å². The molecule has 0 atom stereocenters. The van der Waals surface area contributed by atoms with E-state index in [2.05, 4.69) is 10.6 Å². The highest BCUT2D eigenvalue weighted by molar-refractivity contribution is 6.32. The van der Waals surface area contributed by atoms with Crippen LogP contribution in [0.4, 0.5) is 4.79 Å². The fourth-order valence-electron chi connectivity index (χ4n) is 2.56. The Morgan fingerprint density at radius 3 is 2.64 bits per heavy atom. The number of carbonyl (C=O) groups is 3. The summed E-state index contributed by atoms with van der Waals surface area (Å²) in [6, 6.07) is 8.67. The van der Waals surface area contributed by atoms with Gasteiger partial charge in [-0.1, -0.05) is 29.8 Å². The minimum absolute atomic E-state index is 0.0398. The maximum absolute atomic E-state index is 11.6. The Balaban J connectivity index is 1.83. The number of rotatable bonds is 6. The van der Waals surface area contributed by atoms with E-state index < -0.39 is 17.9 Å². The highest BCUT2D eigenvalue weighted by Gasteiger charge is 2.23. The van der Waals surface area contributed by atoms with Crippen LogP contribution in [0.25, 0.3) is 6.08 Å².